The van der Waals surface area contributed by atoms with E-state index < -0.39 is 10.0 Å². The topological polar surface area (TPSA) is 75.7 Å². The Morgan fingerprint density at radius 1 is 1.38 bits per heavy atom. The fourth-order valence-electron chi connectivity index (χ4n) is 1.92. The van der Waals surface area contributed by atoms with Crippen molar-refractivity contribution in [2.24, 2.45) is 0 Å². The van der Waals surface area contributed by atoms with Crippen molar-refractivity contribution in [2.45, 2.75) is 19.8 Å². The van der Waals surface area contributed by atoms with Gasteiger partial charge in [0.15, 0.2) is 0 Å². The molecular formula is C14H22N2O4S. The molecule has 1 rings (SSSR count). The van der Waals surface area contributed by atoms with E-state index in [-0.39, 0.29) is 12.5 Å². The maximum absolute atomic E-state index is 11.9. The highest BCUT2D eigenvalue weighted by atomic mass is 32.2. The largest absolute Gasteiger partial charge is 0.497 e. The molecule has 0 aliphatic rings. The summed E-state index contributed by atoms with van der Waals surface area (Å²) >= 11 is 0. The van der Waals surface area contributed by atoms with Gasteiger partial charge in [-0.3, -0.25) is 9.10 Å². The lowest BCUT2D eigenvalue weighted by Crippen LogP contribution is -2.32. The molecule has 0 heterocycles. The van der Waals surface area contributed by atoms with Crippen LogP contribution in [0, 0.1) is 0 Å². The summed E-state index contributed by atoms with van der Waals surface area (Å²) in [4.78, 5) is 11.4. The number of nitrogens with zero attached hydrogens (tertiary/aromatic N) is 1. The van der Waals surface area contributed by atoms with Crippen LogP contribution in [0.4, 0.5) is 5.69 Å². The van der Waals surface area contributed by atoms with Gasteiger partial charge in [-0.1, -0.05) is 6.07 Å². The van der Waals surface area contributed by atoms with Gasteiger partial charge in [-0.05, 0) is 25.5 Å². The van der Waals surface area contributed by atoms with Gasteiger partial charge >= 0.3 is 0 Å². The summed E-state index contributed by atoms with van der Waals surface area (Å²) < 4.78 is 30.2. The molecule has 1 amide bonds. The Balaban J connectivity index is 2.80. The van der Waals surface area contributed by atoms with Gasteiger partial charge in [0.1, 0.15) is 5.75 Å². The Kier molecular flexibility index (Phi) is 6.48. The number of nitrogens with one attached hydrogen (secondary N) is 1. The first kappa shape index (κ1) is 17.3. The average molecular weight is 314 g/mol. The minimum absolute atomic E-state index is 0.0726. The number of amides is 1. The molecule has 1 aromatic rings. The number of ether oxygens (including phenoxy) is 1. The summed E-state index contributed by atoms with van der Waals surface area (Å²) in [6.45, 7) is 2.67. The van der Waals surface area contributed by atoms with E-state index in [9.17, 15) is 13.2 Å². The quantitative estimate of drug-likeness (QED) is 0.786. The molecule has 118 valence electrons. The predicted octanol–water partition coefficient (Wildman–Crippen LogP) is 1.38. The highest BCUT2D eigenvalue weighted by molar-refractivity contribution is 7.92. The predicted molar refractivity (Wildman–Crippen MR) is 83.1 cm³/mol. The minimum Gasteiger partial charge on any atom is -0.497 e. The standard InChI is InChI=1S/C14H22N2O4S/c1-4-15-14(17)9-6-10-16(21(3,18)19)12-7-5-8-13(11-12)20-2/h5,7-8,11H,4,6,9-10H2,1-3H3,(H,15,17). The van der Waals surface area contributed by atoms with Gasteiger partial charge in [-0.25, -0.2) is 8.42 Å². The average Bonchev–Trinajstić information content (AvgIpc) is 2.42. The van der Waals surface area contributed by atoms with Crippen LogP contribution in [0.5, 0.6) is 5.75 Å². The number of benzene rings is 1. The smallest absolute Gasteiger partial charge is 0.232 e. The third-order valence-electron chi connectivity index (χ3n) is 2.88. The van der Waals surface area contributed by atoms with E-state index in [0.717, 1.165) is 6.26 Å². The Hall–Kier alpha value is -1.76. The zero-order valence-electron chi connectivity index (χ0n) is 12.6. The molecule has 7 heteroatoms. The molecule has 0 atom stereocenters. The van der Waals surface area contributed by atoms with Crippen molar-refractivity contribution < 1.29 is 17.9 Å². The second-order valence-electron chi connectivity index (χ2n) is 4.59. The number of hydrogen-bond donors (Lipinski definition) is 1. The SMILES string of the molecule is CCNC(=O)CCCN(c1cccc(OC)c1)S(C)(=O)=O. The van der Waals surface area contributed by atoms with E-state index in [0.29, 0.717) is 30.8 Å². The molecule has 0 radical (unpaired) electrons. The van der Waals surface area contributed by atoms with Crippen molar-refractivity contribution in [1.29, 1.82) is 0 Å². The number of carbonyl (C=O) groups excluding carboxylic acids is 1. The summed E-state index contributed by atoms with van der Waals surface area (Å²) in [5.74, 6) is 0.515. The number of anilines is 1. The van der Waals surface area contributed by atoms with Crippen molar-refractivity contribution in [3.05, 3.63) is 24.3 Å². The van der Waals surface area contributed by atoms with Gasteiger partial charge in [0, 0.05) is 25.6 Å². The van der Waals surface area contributed by atoms with E-state index in [1.165, 1.54) is 11.4 Å². The fraction of sp³-hybridized carbons (Fsp3) is 0.500. The first-order valence-electron chi connectivity index (χ1n) is 6.77. The van der Waals surface area contributed by atoms with Crippen molar-refractivity contribution in [2.75, 3.05) is 30.8 Å². The van der Waals surface area contributed by atoms with Gasteiger partial charge in [-0.2, -0.15) is 0 Å². The molecule has 1 aromatic carbocycles. The maximum atomic E-state index is 11.9. The van der Waals surface area contributed by atoms with Crippen LogP contribution >= 0.6 is 0 Å². The zero-order valence-corrected chi connectivity index (χ0v) is 13.4. The molecule has 6 nitrogen and oxygen atoms in total. The van der Waals surface area contributed by atoms with E-state index in [1.54, 1.807) is 24.3 Å². The third kappa shape index (κ3) is 5.63. The number of hydrogen-bond acceptors (Lipinski definition) is 4. The number of carbonyl (C=O) groups is 1. The number of rotatable bonds is 8. The lowest BCUT2D eigenvalue weighted by atomic mass is 10.2. The Morgan fingerprint density at radius 2 is 2.10 bits per heavy atom. The lowest BCUT2D eigenvalue weighted by Gasteiger charge is -2.22. The monoisotopic (exact) mass is 314 g/mol. The van der Waals surface area contributed by atoms with Gasteiger partial charge in [0.05, 0.1) is 19.1 Å². The van der Waals surface area contributed by atoms with Gasteiger partial charge < -0.3 is 10.1 Å². The molecule has 1 N–H and O–H groups in total. The van der Waals surface area contributed by atoms with E-state index in [2.05, 4.69) is 5.32 Å². The van der Waals surface area contributed by atoms with Crippen LogP contribution in [-0.4, -0.2) is 40.8 Å². The molecular weight excluding hydrogens is 292 g/mol. The molecule has 0 aromatic heterocycles. The normalized spacial score (nSPS) is 11.0. The van der Waals surface area contributed by atoms with Crippen LogP contribution in [-0.2, 0) is 14.8 Å². The Morgan fingerprint density at radius 3 is 2.67 bits per heavy atom. The molecule has 0 saturated carbocycles. The van der Waals surface area contributed by atoms with Gasteiger partial charge in [-0.15, -0.1) is 0 Å². The van der Waals surface area contributed by atoms with Crippen LogP contribution in [0.25, 0.3) is 0 Å². The molecule has 0 aliphatic carbocycles. The van der Waals surface area contributed by atoms with Crippen molar-refractivity contribution in [1.82, 2.24) is 5.32 Å². The van der Waals surface area contributed by atoms with Crippen LogP contribution < -0.4 is 14.4 Å². The van der Waals surface area contributed by atoms with Crippen molar-refractivity contribution >= 4 is 21.6 Å². The molecule has 0 unspecified atom stereocenters. The number of methoxy groups -OCH3 is 1. The van der Waals surface area contributed by atoms with E-state index >= 15 is 0 Å². The number of sulfonamides is 1. The second kappa shape index (κ2) is 7.87. The summed E-state index contributed by atoms with van der Waals surface area (Å²) in [6, 6.07) is 6.84. The minimum atomic E-state index is -3.41. The Labute approximate surface area is 126 Å². The summed E-state index contributed by atoms with van der Waals surface area (Å²) in [6.07, 6.45) is 1.90. The third-order valence-corrected chi connectivity index (χ3v) is 4.07. The fourth-order valence-corrected chi connectivity index (χ4v) is 2.88. The van der Waals surface area contributed by atoms with Crippen molar-refractivity contribution in [3.63, 3.8) is 0 Å². The second-order valence-corrected chi connectivity index (χ2v) is 6.50. The van der Waals surface area contributed by atoms with Gasteiger partial charge in [0.2, 0.25) is 15.9 Å². The zero-order chi connectivity index (χ0) is 15.9. The molecule has 21 heavy (non-hydrogen) atoms. The molecule has 0 aliphatic heterocycles. The van der Waals surface area contributed by atoms with Crippen molar-refractivity contribution in [3.8, 4) is 5.75 Å². The van der Waals surface area contributed by atoms with Crippen LogP contribution in [0.2, 0.25) is 0 Å². The summed E-state index contributed by atoms with van der Waals surface area (Å²) in [5, 5.41) is 2.69. The van der Waals surface area contributed by atoms with Crippen LogP contribution in [0.15, 0.2) is 24.3 Å². The highest BCUT2D eigenvalue weighted by Crippen LogP contribution is 2.23. The van der Waals surface area contributed by atoms with Crippen LogP contribution in [0.1, 0.15) is 19.8 Å². The molecule has 0 saturated heterocycles. The maximum Gasteiger partial charge on any atom is 0.232 e. The molecule has 0 spiro atoms. The first-order valence-corrected chi connectivity index (χ1v) is 8.61. The molecule has 0 fully saturated rings. The van der Waals surface area contributed by atoms with Gasteiger partial charge in [0.25, 0.3) is 0 Å². The Bertz CT molecular complexity index is 572. The summed E-state index contributed by atoms with van der Waals surface area (Å²) in [7, 11) is -1.88. The summed E-state index contributed by atoms with van der Waals surface area (Å²) in [5.41, 5.74) is 0.535. The van der Waals surface area contributed by atoms with Crippen LogP contribution in [0.3, 0.4) is 0 Å². The van der Waals surface area contributed by atoms with E-state index in [1.807, 2.05) is 6.92 Å². The molecule has 0 bridgehead atoms. The highest BCUT2D eigenvalue weighted by Gasteiger charge is 2.18. The first-order chi connectivity index (χ1) is 9.88. The lowest BCUT2D eigenvalue weighted by molar-refractivity contribution is -0.121. The van der Waals surface area contributed by atoms with E-state index in [4.69, 9.17) is 4.74 Å².